The molecule has 0 saturated carbocycles. The van der Waals surface area contributed by atoms with Crippen molar-refractivity contribution in [2.24, 2.45) is 5.92 Å². The molecule has 0 aliphatic carbocycles. The fourth-order valence-electron chi connectivity index (χ4n) is 4.25. The lowest BCUT2D eigenvalue weighted by molar-refractivity contribution is -0.154. The van der Waals surface area contributed by atoms with Gasteiger partial charge >= 0.3 is 18.4 Å². The lowest BCUT2D eigenvalue weighted by atomic mass is 10.1. The third-order valence-corrected chi connectivity index (χ3v) is 6.10. The number of nitrogens with zero attached hydrogens (tertiary/aromatic N) is 5. The van der Waals surface area contributed by atoms with Gasteiger partial charge < -0.3 is 15.0 Å². The minimum Gasteiger partial charge on any atom is -0.454 e. The second-order valence-electron chi connectivity index (χ2n) is 9.94. The third-order valence-electron chi connectivity index (χ3n) is 6.10. The van der Waals surface area contributed by atoms with Crippen LogP contribution in [0, 0.1) is 5.92 Å². The molecule has 1 N–H and O–H groups in total. The molecule has 1 aliphatic heterocycles. The summed E-state index contributed by atoms with van der Waals surface area (Å²) in [5.41, 5.74) is -0.245. The summed E-state index contributed by atoms with van der Waals surface area (Å²) in [5, 5.41) is 2.56. The molecule has 14 heteroatoms. The molecule has 2 aromatic carbocycles. The Hall–Kier alpha value is -3.94. The highest BCUT2D eigenvalue weighted by Gasteiger charge is 2.31. The molecule has 0 unspecified atom stereocenters. The number of halogens is 6. The summed E-state index contributed by atoms with van der Waals surface area (Å²) >= 11 is 0. The molecule has 1 aliphatic rings. The predicted molar refractivity (Wildman–Crippen MR) is 139 cm³/mol. The quantitative estimate of drug-likeness (QED) is 0.344. The number of piperazine rings is 1. The van der Waals surface area contributed by atoms with Gasteiger partial charge in [0.05, 0.1) is 5.56 Å². The molecule has 0 radical (unpaired) electrons. The zero-order valence-electron chi connectivity index (χ0n) is 22.3. The van der Waals surface area contributed by atoms with Crippen LogP contribution in [0.2, 0.25) is 0 Å². The van der Waals surface area contributed by atoms with E-state index in [0.717, 1.165) is 37.8 Å². The van der Waals surface area contributed by atoms with E-state index in [0.29, 0.717) is 30.1 Å². The van der Waals surface area contributed by atoms with Crippen molar-refractivity contribution in [1.82, 2.24) is 24.8 Å². The minimum atomic E-state index is -4.68. The maximum atomic E-state index is 13.1. The fraction of sp³-hybridized carbons (Fsp3) is 0.407. The van der Waals surface area contributed by atoms with E-state index >= 15 is 0 Å². The van der Waals surface area contributed by atoms with Crippen molar-refractivity contribution in [3.8, 4) is 17.4 Å². The summed E-state index contributed by atoms with van der Waals surface area (Å²) in [6.45, 7) is 6.28. The van der Waals surface area contributed by atoms with Gasteiger partial charge in [-0.15, -0.1) is 0 Å². The SMILES string of the molecule is CC(C)CN1CCN(C(=O)c2ccc(-c3nc(Nc4cccc(C(F)(F)F)c4)nc(OCC(F)(F)F)n3)cc2)CC1. The Balaban J connectivity index is 1.54. The number of rotatable bonds is 8. The molecule has 4 rings (SSSR count). The van der Waals surface area contributed by atoms with Gasteiger partial charge in [0.2, 0.25) is 5.95 Å². The summed E-state index contributed by atoms with van der Waals surface area (Å²) < 4.78 is 82.3. The van der Waals surface area contributed by atoms with Crippen molar-refractivity contribution in [2.75, 3.05) is 44.6 Å². The predicted octanol–water partition coefficient (Wildman–Crippen LogP) is 5.66. The number of alkyl halides is 6. The molecule has 1 amide bonds. The number of carbonyl (C=O) groups excluding carboxylic acids is 1. The zero-order valence-corrected chi connectivity index (χ0v) is 22.3. The van der Waals surface area contributed by atoms with E-state index in [1.165, 1.54) is 18.2 Å². The molecule has 0 bridgehead atoms. The summed E-state index contributed by atoms with van der Waals surface area (Å²) in [5.74, 6) is -0.0586. The summed E-state index contributed by atoms with van der Waals surface area (Å²) in [6, 6.07) is 9.64. The molecule has 8 nitrogen and oxygen atoms in total. The molecule has 1 aromatic heterocycles. The van der Waals surface area contributed by atoms with E-state index in [1.807, 2.05) is 0 Å². The molecular formula is C27H28F6N6O2. The number of nitrogens with one attached hydrogen (secondary N) is 1. The molecule has 1 fully saturated rings. The first-order valence-electron chi connectivity index (χ1n) is 12.8. The van der Waals surface area contributed by atoms with Crippen LogP contribution in [0.15, 0.2) is 48.5 Å². The zero-order chi connectivity index (χ0) is 29.8. The van der Waals surface area contributed by atoms with Gasteiger partial charge in [-0.1, -0.05) is 32.0 Å². The number of carbonyl (C=O) groups is 1. The highest BCUT2D eigenvalue weighted by molar-refractivity contribution is 5.94. The summed E-state index contributed by atoms with van der Waals surface area (Å²) in [7, 11) is 0. The maximum absolute atomic E-state index is 13.1. The van der Waals surface area contributed by atoms with E-state index < -0.39 is 30.5 Å². The monoisotopic (exact) mass is 582 g/mol. The Morgan fingerprint density at radius 3 is 2.24 bits per heavy atom. The van der Waals surface area contributed by atoms with Crippen LogP contribution in [-0.4, -0.2) is 76.2 Å². The second kappa shape index (κ2) is 12.3. The summed E-state index contributed by atoms with van der Waals surface area (Å²) in [6.07, 6.45) is -9.28. The van der Waals surface area contributed by atoms with Gasteiger partial charge in [0.25, 0.3) is 5.91 Å². The first-order chi connectivity index (χ1) is 19.3. The van der Waals surface area contributed by atoms with Gasteiger partial charge in [-0.25, -0.2) is 0 Å². The maximum Gasteiger partial charge on any atom is 0.422 e. The van der Waals surface area contributed by atoms with E-state index in [1.54, 1.807) is 17.0 Å². The van der Waals surface area contributed by atoms with Gasteiger partial charge in [0.15, 0.2) is 12.4 Å². The van der Waals surface area contributed by atoms with E-state index in [2.05, 4.69) is 39.0 Å². The number of amides is 1. The van der Waals surface area contributed by atoms with E-state index in [9.17, 15) is 31.1 Å². The van der Waals surface area contributed by atoms with Crippen LogP contribution in [0.25, 0.3) is 11.4 Å². The third kappa shape index (κ3) is 8.52. The van der Waals surface area contributed by atoms with Crippen molar-refractivity contribution in [3.63, 3.8) is 0 Å². The van der Waals surface area contributed by atoms with Crippen LogP contribution in [0.5, 0.6) is 6.01 Å². The molecule has 41 heavy (non-hydrogen) atoms. The normalized spacial score (nSPS) is 14.8. The largest absolute Gasteiger partial charge is 0.454 e. The van der Waals surface area contributed by atoms with E-state index in [-0.39, 0.29) is 23.4 Å². The number of hydrogen-bond donors (Lipinski definition) is 1. The van der Waals surface area contributed by atoms with Crippen LogP contribution in [0.1, 0.15) is 29.8 Å². The Morgan fingerprint density at radius 2 is 1.63 bits per heavy atom. The average Bonchev–Trinajstić information content (AvgIpc) is 2.91. The lowest BCUT2D eigenvalue weighted by Crippen LogP contribution is -2.49. The Kier molecular flexibility index (Phi) is 9.00. The molecule has 0 atom stereocenters. The summed E-state index contributed by atoms with van der Waals surface area (Å²) in [4.78, 5) is 29.0. The second-order valence-corrected chi connectivity index (χ2v) is 9.94. The first-order valence-corrected chi connectivity index (χ1v) is 12.8. The van der Waals surface area contributed by atoms with Crippen molar-refractivity contribution >= 4 is 17.5 Å². The van der Waals surface area contributed by atoms with Crippen molar-refractivity contribution in [1.29, 1.82) is 0 Å². The highest BCUT2D eigenvalue weighted by atomic mass is 19.4. The van der Waals surface area contributed by atoms with Gasteiger partial charge in [0.1, 0.15) is 0 Å². The van der Waals surface area contributed by atoms with Gasteiger partial charge in [-0.2, -0.15) is 41.3 Å². The molecule has 1 saturated heterocycles. The molecule has 3 aromatic rings. The van der Waals surface area contributed by atoms with Crippen LogP contribution in [-0.2, 0) is 6.18 Å². The van der Waals surface area contributed by atoms with Crippen LogP contribution in [0.4, 0.5) is 38.0 Å². The fourth-order valence-corrected chi connectivity index (χ4v) is 4.25. The average molecular weight is 583 g/mol. The minimum absolute atomic E-state index is 0.0480. The van der Waals surface area contributed by atoms with Crippen LogP contribution >= 0.6 is 0 Å². The van der Waals surface area contributed by atoms with Crippen molar-refractivity contribution in [3.05, 3.63) is 59.7 Å². The topological polar surface area (TPSA) is 83.5 Å². The molecular weight excluding hydrogens is 554 g/mol. The Labute approximate surface area is 232 Å². The van der Waals surface area contributed by atoms with Crippen molar-refractivity contribution in [2.45, 2.75) is 26.2 Å². The van der Waals surface area contributed by atoms with Crippen LogP contribution in [0.3, 0.4) is 0 Å². The number of hydrogen-bond acceptors (Lipinski definition) is 7. The van der Waals surface area contributed by atoms with Gasteiger partial charge in [-0.3, -0.25) is 9.69 Å². The first kappa shape index (κ1) is 30.0. The van der Waals surface area contributed by atoms with Gasteiger partial charge in [-0.05, 0) is 36.2 Å². The van der Waals surface area contributed by atoms with E-state index in [4.69, 9.17) is 4.74 Å². The molecule has 220 valence electrons. The van der Waals surface area contributed by atoms with Crippen LogP contribution < -0.4 is 10.1 Å². The molecule has 2 heterocycles. The number of benzene rings is 2. The Bertz CT molecular complexity index is 1340. The van der Waals surface area contributed by atoms with Gasteiger partial charge in [0, 0.05) is 49.5 Å². The number of ether oxygens (including phenoxy) is 1. The molecule has 0 spiro atoms. The smallest absolute Gasteiger partial charge is 0.422 e. The number of aromatic nitrogens is 3. The highest BCUT2D eigenvalue weighted by Crippen LogP contribution is 2.31. The van der Waals surface area contributed by atoms with Crippen molar-refractivity contribution < 1.29 is 35.9 Å². The standard InChI is InChI=1S/C27H28F6N6O2/c1-17(2)15-38-10-12-39(13-11-38)23(40)19-8-6-18(7-9-19)22-35-24(37-25(36-22)41-16-26(28,29)30)34-21-5-3-4-20(14-21)27(31,32)33/h3-9,14,17H,10-13,15-16H2,1-2H3,(H,34,35,36,37). The lowest BCUT2D eigenvalue weighted by Gasteiger charge is -2.35. The number of anilines is 2. The Morgan fingerprint density at radius 1 is 0.951 bits per heavy atom.